The molecule has 200 valence electrons. The molecule has 3 amide bonds. The SMILES string of the molecule is COc1cc(C2c3sc(=O)[nH]c3SC3C4CC(C5C(=O)N(CC(=O)N6CCCCC6)C(=O)C45)C23)ccc1O. The number of likely N-dealkylation sites (tertiary alicyclic amines) is 2. The highest BCUT2D eigenvalue weighted by atomic mass is 32.2. The Labute approximate surface area is 227 Å². The van der Waals surface area contributed by atoms with Gasteiger partial charge in [0, 0.05) is 29.1 Å². The molecule has 2 aromatic rings. The predicted octanol–water partition coefficient (Wildman–Crippen LogP) is 2.64. The molecule has 4 fully saturated rings. The van der Waals surface area contributed by atoms with E-state index in [-0.39, 0.29) is 63.8 Å². The van der Waals surface area contributed by atoms with Crippen molar-refractivity contribution in [2.24, 2.45) is 29.6 Å². The van der Waals surface area contributed by atoms with E-state index in [4.69, 9.17) is 4.74 Å². The van der Waals surface area contributed by atoms with Crippen LogP contribution in [-0.4, -0.2) is 69.6 Å². The van der Waals surface area contributed by atoms with Crippen LogP contribution in [0.15, 0.2) is 28.0 Å². The zero-order chi connectivity index (χ0) is 26.3. The van der Waals surface area contributed by atoms with Gasteiger partial charge in [-0.2, -0.15) is 0 Å². The Hall–Kier alpha value is -2.79. The number of aromatic amines is 1. The van der Waals surface area contributed by atoms with E-state index in [1.54, 1.807) is 22.7 Å². The smallest absolute Gasteiger partial charge is 0.305 e. The lowest BCUT2D eigenvalue weighted by molar-refractivity contribution is -0.147. The Morgan fingerprint density at radius 2 is 1.84 bits per heavy atom. The Morgan fingerprint density at radius 3 is 2.58 bits per heavy atom. The molecule has 38 heavy (non-hydrogen) atoms. The fourth-order valence-corrected chi connectivity index (χ4v) is 10.8. The van der Waals surface area contributed by atoms with Crippen LogP contribution >= 0.6 is 23.1 Å². The number of carbonyl (C=O) groups excluding carboxylic acids is 3. The van der Waals surface area contributed by atoms with Crippen LogP contribution in [0.25, 0.3) is 0 Å². The first-order valence-electron chi connectivity index (χ1n) is 13.3. The first kappa shape index (κ1) is 24.3. The van der Waals surface area contributed by atoms with Crippen molar-refractivity contribution in [3.05, 3.63) is 38.3 Å². The van der Waals surface area contributed by atoms with Crippen LogP contribution in [0.2, 0.25) is 0 Å². The molecule has 1 aromatic heterocycles. The van der Waals surface area contributed by atoms with Gasteiger partial charge in [-0.3, -0.25) is 24.1 Å². The Balaban J connectivity index is 1.23. The first-order chi connectivity index (χ1) is 18.4. The number of imide groups is 1. The summed E-state index contributed by atoms with van der Waals surface area (Å²) in [5, 5.41) is 11.1. The summed E-state index contributed by atoms with van der Waals surface area (Å²) in [6.45, 7) is 1.21. The first-order valence-corrected chi connectivity index (χ1v) is 15.0. The van der Waals surface area contributed by atoms with Gasteiger partial charge in [0.15, 0.2) is 11.5 Å². The van der Waals surface area contributed by atoms with Gasteiger partial charge >= 0.3 is 4.87 Å². The minimum Gasteiger partial charge on any atom is -0.504 e. The summed E-state index contributed by atoms with van der Waals surface area (Å²) in [5.74, 6) is -1.11. The van der Waals surface area contributed by atoms with Crippen LogP contribution in [0, 0.1) is 29.6 Å². The summed E-state index contributed by atoms with van der Waals surface area (Å²) < 4.78 is 5.38. The van der Waals surface area contributed by atoms with E-state index in [0.29, 0.717) is 18.8 Å². The molecule has 0 radical (unpaired) electrons. The third kappa shape index (κ3) is 3.43. The van der Waals surface area contributed by atoms with Gasteiger partial charge in [0.2, 0.25) is 17.7 Å². The summed E-state index contributed by atoms with van der Waals surface area (Å²) >= 11 is 2.82. The average Bonchev–Trinajstić information content (AvgIpc) is 3.65. The van der Waals surface area contributed by atoms with Crippen molar-refractivity contribution in [2.75, 3.05) is 26.7 Å². The molecule has 2 saturated heterocycles. The van der Waals surface area contributed by atoms with Gasteiger partial charge in [-0.1, -0.05) is 17.4 Å². The number of carbonyl (C=O) groups is 3. The standard InChI is InChI=1S/C27H29N3O6S2/c1-36-16-9-12(5-6-15(16)31)18-19-13-10-14(22(19)37-24-23(18)38-27(35)28-24)21-20(13)25(33)30(26(21)34)11-17(32)29-7-3-2-4-8-29/h5-6,9,13-14,18-22,31H,2-4,7-8,10-11H2,1H3,(H,28,35). The quantitative estimate of drug-likeness (QED) is 0.557. The lowest BCUT2D eigenvalue weighted by Gasteiger charge is -2.43. The molecular weight excluding hydrogens is 526 g/mol. The molecule has 11 heteroatoms. The van der Waals surface area contributed by atoms with Crippen LogP contribution in [0.3, 0.4) is 0 Å². The molecule has 1 aromatic carbocycles. The molecule has 4 heterocycles. The number of nitrogens with one attached hydrogen (secondary N) is 1. The number of ether oxygens (including phenoxy) is 1. The largest absolute Gasteiger partial charge is 0.504 e. The summed E-state index contributed by atoms with van der Waals surface area (Å²) in [7, 11) is 1.50. The number of thioether (sulfide) groups is 1. The highest BCUT2D eigenvalue weighted by Crippen LogP contribution is 2.68. The molecular formula is C27H29N3O6S2. The van der Waals surface area contributed by atoms with E-state index in [1.165, 1.54) is 23.3 Å². The fraction of sp³-hybridized carbons (Fsp3) is 0.556. The van der Waals surface area contributed by atoms with Crippen LogP contribution in [0.1, 0.15) is 42.0 Å². The number of phenols is 1. The number of phenolic OH excluding ortho intramolecular Hbond substituents is 1. The topological polar surface area (TPSA) is 120 Å². The molecule has 2 N–H and O–H groups in total. The van der Waals surface area contributed by atoms with Crippen LogP contribution < -0.4 is 9.61 Å². The number of benzene rings is 1. The summed E-state index contributed by atoms with van der Waals surface area (Å²) in [5.41, 5.74) is 0.921. The Kier molecular flexibility index (Phi) is 5.67. The molecule has 2 bridgehead atoms. The number of amides is 3. The van der Waals surface area contributed by atoms with Gasteiger partial charge in [-0.05, 0) is 61.1 Å². The number of piperidine rings is 1. The summed E-state index contributed by atoms with van der Waals surface area (Å²) in [6.07, 6.45) is 3.80. The minimum atomic E-state index is -0.428. The molecule has 7 atom stereocenters. The summed E-state index contributed by atoms with van der Waals surface area (Å²) in [6, 6.07) is 5.28. The zero-order valence-corrected chi connectivity index (χ0v) is 22.6. The van der Waals surface area contributed by atoms with Crippen molar-refractivity contribution in [1.29, 1.82) is 0 Å². The number of methoxy groups -OCH3 is 1. The van der Waals surface area contributed by atoms with Gasteiger partial charge in [0.25, 0.3) is 0 Å². The lowest BCUT2D eigenvalue weighted by atomic mass is 9.68. The second-order valence-electron chi connectivity index (χ2n) is 11.1. The molecule has 7 unspecified atom stereocenters. The third-order valence-corrected chi connectivity index (χ3v) is 12.0. The van der Waals surface area contributed by atoms with Crippen LogP contribution in [0.5, 0.6) is 11.5 Å². The van der Waals surface area contributed by atoms with Gasteiger partial charge < -0.3 is 19.7 Å². The number of rotatable bonds is 4. The fourth-order valence-electron chi connectivity index (χ4n) is 7.87. The maximum atomic E-state index is 13.7. The lowest BCUT2D eigenvalue weighted by Crippen LogP contribution is -2.45. The van der Waals surface area contributed by atoms with Crippen molar-refractivity contribution >= 4 is 40.8 Å². The van der Waals surface area contributed by atoms with E-state index in [1.807, 2.05) is 12.1 Å². The van der Waals surface area contributed by atoms with E-state index >= 15 is 0 Å². The number of thiazole rings is 1. The van der Waals surface area contributed by atoms with E-state index in [9.17, 15) is 24.3 Å². The van der Waals surface area contributed by atoms with Crippen molar-refractivity contribution in [2.45, 2.75) is 41.9 Å². The molecule has 2 saturated carbocycles. The monoisotopic (exact) mass is 555 g/mol. The van der Waals surface area contributed by atoms with Crippen molar-refractivity contribution in [3.8, 4) is 11.5 Å². The number of nitrogens with zero attached hydrogens (tertiary/aromatic N) is 2. The van der Waals surface area contributed by atoms with Crippen LogP contribution in [-0.2, 0) is 14.4 Å². The van der Waals surface area contributed by atoms with Gasteiger partial charge in [0.1, 0.15) is 6.54 Å². The Bertz CT molecular complexity index is 1400. The zero-order valence-electron chi connectivity index (χ0n) is 20.9. The molecule has 9 nitrogen and oxygen atoms in total. The molecule has 7 rings (SSSR count). The second-order valence-corrected chi connectivity index (χ2v) is 13.3. The van der Waals surface area contributed by atoms with Crippen molar-refractivity contribution in [1.82, 2.24) is 14.8 Å². The maximum absolute atomic E-state index is 13.7. The van der Waals surface area contributed by atoms with Gasteiger partial charge in [0.05, 0.1) is 24.0 Å². The molecule has 3 aliphatic heterocycles. The number of aromatic hydroxyl groups is 1. The second kappa shape index (κ2) is 8.87. The number of H-pyrrole nitrogens is 1. The third-order valence-electron chi connectivity index (χ3n) is 9.38. The van der Waals surface area contributed by atoms with Crippen molar-refractivity contribution in [3.63, 3.8) is 0 Å². The van der Waals surface area contributed by atoms with Gasteiger partial charge in [-0.25, -0.2) is 0 Å². The predicted molar refractivity (Wildman–Crippen MR) is 140 cm³/mol. The summed E-state index contributed by atoms with van der Waals surface area (Å²) in [4.78, 5) is 59.6. The average molecular weight is 556 g/mol. The number of fused-ring (bicyclic) bond motifs is 9. The Morgan fingerprint density at radius 1 is 1.11 bits per heavy atom. The number of aromatic nitrogens is 1. The molecule has 5 aliphatic rings. The van der Waals surface area contributed by atoms with E-state index in [2.05, 4.69) is 4.98 Å². The molecule has 0 spiro atoms. The highest BCUT2D eigenvalue weighted by molar-refractivity contribution is 8.00. The van der Waals surface area contributed by atoms with Crippen molar-refractivity contribution < 1.29 is 24.2 Å². The minimum absolute atomic E-state index is 0.00426. The van der Waals surface area contributed by atoms with Crippen LogP contribution in [0.4, 0.5) is 0 Å². The van der Waals surface area contributed by atoms with E-state index < -0.39 is 11.8 Å². The normalized spacial score (nSPS) is 33.3. The number of hydrogen-bond donors (Lipinski definition) is 2. The highest BCUT2D eigenvalue weighted by Gasteiger charge is 2.69. The number of hydrogen-bond acceptors (Lipinski definition) is 8. The van der Waals surface area contributed by atoms with E-state index in [0.717, 1.165) is 41.1 Å². The molecule has 2 aliphatic carbocycles. The maximum Gasteiger partial charge on any atom is 0.305 e. The van der Waals surface area contributed by atoms with Gasteiger partial charge in [-0.15, -0.1) is 11.8 Å².